The average molecular weight is 253 g/mol. The Morgan fingerprint density at radius 1 is 1.41 bits per heavy atom. The lowest BCUT2D eigenvalue weighted by Crippen LogP contribution is -2.40. The lowest BCUT2D eigenvalue weighted by atomic mass is 9.91. The van der Waals surface area contributed by atoms with Crippen LogP contribution >= 0.6 is 11.6 Å². The van der Waals surface area contributed by atoms with E-state index in [1.165, 1.54) is 25.0 Å². The van der Waals surface area contributed by atoms with E-state index in [0.29, 0.717) is 0 Å². The fraction of sp³-hybridized carbons (Fsp3) is 0.643. The lowest BCUT2D eigenvalue weighted by Gasteiger charge is -2.37. The molecule has 2 rings (SSSR count). The van der Waals surface area contributed by atoms with Gasteiger partial charge < -0.3 is 0 Å². The van der Waals surface area contributed by atoms with Crippen molar-refractivity contribution in [1.29, 1.82) is 0 Å². The SMILES string of the molecule is Cc1cccc(CN(CCCCl)C2CCC2)n1. The van der Waals surface area contributed by atoms with Gasteiger partial charge in [-0.15, -0.1) is 11.6 Å². The predicted molar refractivity (Wildman–Crippen MR) is 72.4 cm³/mol. The van der Waals surface area contributed by atoms with Crippen molar-refractivity contribution in [3.8, 4) is 0 Å². The Morgan fingerprint density at radius 2 is 2.24 bits per heavy atom. The Bertz CT molecular complexity index is 350. The molecule has 0 unspecified atom stereocenters. The van der Waals surface area contributed by atoms with E-state index < -0.39 is 0 Å². The first-order valence-corrected chi connectivity index (χ1v) is 7.05. The Labute approximate surface area is 109 Å². The minimum Gasteiger partial charge on any atom is -0.295 e. The summed E-state index contributed by atoms with van der Waals surface area (Å²) in [7, 11) is 0. The number of aromatic nitrogens is 1. The number of rotatable bonds is 6. The third kappa shape index (κ3) is 3.68. The number of hydrogen-bond acceptors (Lipinski definition) is 2. The smallest absolute Gasteiger partial charge is 0.0547 e. The second-order valence-corrected chi connectivity index (χ2v) is 5.25. The van der Waals surface area contributed by atoms with Crippen LogP contribution in [0.5, 0.6) is 0 Å². The van der Waals surface area contributed by atoms with Crippen molar-refractivity contribution in [3.05, 3.63) is 29.6 Å². The van der Waals surface area contributed by atoms with Crippen LogP contribution in [0.2, 0.25) is 0 Å². The van der Waals surface area contributed by atoms with Crippen LogP contribution in [0.4, 0.5) is 0 Å². The molecule has 1 saturated carbocycles. The van der Waals surface area contributed by atoms with Gasteiger partial charge in [-0.1, -0.05) is 12.5 Å². The van der Waals surface area contributed by atoms with Gasteiger partial charge in [0.05, 0.1) is 5.69 Å². The molecule has 0 aliphatic heterocycles. The summed E-state index contributed by atoms with van der Waals surface area (Å²) in [6, 6.07) is 7.04. The number of halogens is 1. The van der Waals surface area contributed by atoms with Crippen LogP contribution in [0.15, 0.2) is 18.2 Å². The molecular formula is C14H21ClN2. The minimum atomic E-state index is 0.754. The van der Waals surface area contributed by atoms with Crippen molar-refractivity contribution in [1.82, 2.24) is 9.88 Å². The van der Waals surface area contributed by atoms with Gasteiger partial charge in [0.2, 0.25) is 0 Å². The first-order chi connectivity index (χ1) is 8.29. The molecule has 0 spiro atoms. The van der Waals surface area contributed by atoms with E-state index in [1.54, 1.807) is 0 Å². The average Bonchev–Trinajstić information content (AvgIpc) is 2.23. The molecular weight excluding hydrogens is 232 g/mol. The largest absolute Gasteiger partial charge is 0.295 e. The molecule has 3 heteroatoms. The fourth-order valence-electron chi connectivity index (χ4n) is 2.30. The zero-order valence-electron chi connectivity index (χ0n) is 10.5. The highest BCUT2D eigenvalue weighted by molar-refractivity contribution is 6.17. The summed E-state index contributed by atoms with van der Waals surface area (Å²) >= 11 is 5.80. The second kappa shape index (κ2) is 6.36. The molecule has 0 saturated heterocycles. The molecule has 1 fully saturated rings. The highest BCUT2D eigenvalue weighted by Gasteiger charge is 2.24. The van der Waals surface area contributed by atoms with Gasteiger partial charge in [-0.3, -0.25) is 9.88 Å². The monoisotopic (exact) mass is 252 g/mol. The normalized spacial score (nSPS) is 16.2. The van der Waals surface area contributed by atoms with Gasteiger partial charge in [-0.05, 0) is 44.9 Å². The molecule has 1 aromatic rings. The van der Waals surface area contributed by atoms with Gasteiger partial charge in [0.25, 0.3) is 0 Å². The molecule has 94 valence electrons. The van der Waals surface area contributed by atoms with Crippen molar-refractivity contribution in [2.75, 3.05) is 12.4 Å². The van der Waals surface area contributed by atoms with Crippen LogP contribution < -0.4 is 0 Å². The molecule has 17 heavy (non-hydrogen) atoms. The summed E-state index contributed by atoms with van der Waals surface area (Å²) in [5.74, 6) is 0.754. The van der Waals surface area contributed by atoms with E-state index in [-0.39, 0.29) is 0 Å². The van der Waals surface area contributed by atoms with Crippen LogP contribution in [0.1, 0.15) is 37.1 Å². The molecule has 1 aliphatic rings. The standard InChI is InChI=1S/C14H21ClN2/c1-12-5-2-6-13(16-12)11-17(10-4-9-15)14-7-3-8-14/h2,5-6,14H,3-4,7-11H2,1H3. The van der Waals surface area contributed by atoms with Gasteiger partial charge in [-0.2, -0.15) is 0 Å². The van der Waals surface area contributed by atoms with E-state index in [9.17, 15) is 0 Å². The van der Waals surface area contributed by atoms with Gasteiger partial charge >= 0.3 is 0 Å². The molecule has 1 heterocycles. The highest BCUT2D eigenvalue weighted by Crippen LogP contribution is 2.26. The summed E-state index contributed by atoms with van der Waals surface area (Å²) in [6.07, 6.45) is 5.13. The molecule has 0 bridgehead atoms. The quantitative estimate of drug-likeness (QED) is 0.722. The van der Waals surface area contributed by atoms with E-state index in [2.05, 4.69) is 35.0 Å². The minimum absolute atomic E-state index is 0.754. The predicted octanol–water partition coefficient (Wildman–Crippen LogP) is 3.37. The molecule has 2 nitrogen and oxygen atoms in total. The van der Waals surface area contributed by atoms with Crippen LogP contribution in [0.25, 0.3) is 0 Å². The number of aryl methyl sites for hydroxylation is 1. The lowest BCUT2D eigenvalue weighted by molar-refractivity contribution is 0.118. The van der Waals surface area contributed by atoms with Crippen LogP contribution in [0.3, 0.4) is 0 Å². The number of pyridine rings is 1. The van der Waals surface area contributed by atoms with E-state index in [0.717, 1.165) is 37.1 Å². The van der Waals surface area contributed by atoms with Crippen molar-refractivity contribution in [3.63, 3.8) is 0 Å². The zero-order chi connectivity index (χ0) is 12.1. The summed E-state index contributed by atoms with van der Waals surface area (Å²) in [4.78, 5) is 7.14. The summed E-state index contributed by atoms with van der Waals surface area (Å²) < 4.78 is 0. The van der Waals surface area contributed by atoms with E-state index >= 15 is 0 Å². The van der Waals surface area contributed by atoms with Gasteiger partial charge in [0.1, 0.15) is 0 Å². The Balaban J connectivity index is 1.95. The molecule has 0 radical (unpaired) electrons. The second-order valence-electron chi connectivity index (χ2n) is 4.87. The summed E-state index contributed by atoms with van der Waals surface area (Å²) in [6.45, 7) is 4.13. The highest BCUT2D eigenvalue weighted by atomic mass is 35.5. The molecule has 1 aromatic heterocycles. The maximum absolute atomic E-state index is 5.80. The first-order valence-electron chi connectivity index (χ1n) is 6.52. The van der Waals surface area contributed by atoms with Crippen LogP contribution in [-0.4, -0.2) is 28.4 Å². The number of nitrogens with zero attached hydrogens (tertiary/aromatic N) is 2. The van der Waals surface area contributed by atoms with Crippen LogP contribution in [0, 0.1) is 6.92 Å². The van der Waals surface area contributed by atoms with Gasteiger partial charge in [-0.25, -0.2) is 0 Å². The van der Waals surface area contributed by atoms with Crippen molar-refractivity contribution in [2.24, 2.45) is 0 Å². The van der Waals surface area contributed by atoms with Gasteiger partial charge in [0.15, 0.2) is 0 Å². The van der Waals surface area contributed by atoms with Crippen molar-refractivity contribution >= 4 is 11.6 Å². The topological polar surface area (TPSA) is 16.1 Å². The van der Waals surface area contributed by atoms with Crippen LogP contribution in [-0.2, 0) is 6.54 Å². The molecule has 0 amide bonds. The maximum Gasteiger partial charge on any atom is 0.0547 e. The third-order valence-corrected chi connectivity index (χ3v) is 3.75. The zero-order valence-corrected chi connectivity index (χ0v) is 11.3. The fourth-order valence-corrected chi connectivity index (χ4v) is 2.42. The summed E-state index contributed by atoms with van der Waals surface area (Å²) in [5, 5.41) is 0. The first kappa shape index (κ1) is 12.8. The molecule has 0 atom stereocenters. The molecule has 1 aliphatic carbocycles. The van der Waals surface area contributed by atoms with Crippen molar-refractivity contribution in [2.45, 2.75) is 45.2 Å². The van der Waals surface area contributed by atoms with Crippen molar-refractivity contribution < 1.29 is 0 Å². The molecule has 0 aromatic carbocycles. The Kier molecular flexibility index (Phi) is 4.81. The Morgan fingerprint density at radius 3 is 2.82 bits per heavy atom. The maximum atomic E-state index is 5.80. The van der Waals surface area contributed by atoms with E-state index in [1.807, 2.05) is 0 Å². The Hall–Kier alpha value is -0.600. The third-order valence-electron chi connectivity index (χ3n) is 3.48. The van der Waals surface area contributed by atoms with E-state index in [4.69, 9.17) is 11.6 Å². The molecule has 0 N–H and O–H groups in total. The number of alkyl halides is 1. The summed E-state index contributed by atoms with van der Waals surface area (Å²) in [5.41, 5.74) is 2.29. The van der Waals surface area contributed by atoms with Gasteiger partial charge in [0, 0.05) is 24.2 Å². The number of hydrogen-bond donors (Lipinski definition) is 0.